The van der Waals surface area contributed by atoms with E-state index in [0.29, 0.717) is 0 Å². The van der Waals surface area contributed by atoms with Gasteiger partial charge in [0.1, 0.15) is 0 Å². The van der Waals surface area contributed by atoms with E-state index in [-0.39, 0.29) is 5.41 Å². The predicted molar refractivity (Wildman–Crippen MR) is 155 cm³/mol. The first-order chi connectivity index (χ1) is 18.1. The van der Waals surface area contributed by atoms with Crippen molar-refractivity contribution in [2.75, 3.05) is 0 Å². The monoisotopic (exact) mass is 474 g/mol. The first kappa shape index (κ1) is 20.6. The fourth-order valence-corrected chi connectivity index (χ4v) is 6.58. The Morgan fingerprint density at radius 2 is 1.30 bits per heavy atom. The molecule has 0 radical (unpaired) electrons. The summed E-state index contributed by atoms with van der Waals surface area (Å²) in [5, 5.41) is 3.81. The molecule has 8 rings (SSSR count). The van der Waals surface area contributed by atoms with Crippen molar-refractivity contribution in [1.82, 2.24) is 9.13 Å². The Morgan fingerprint density at radius 3 is 2.19 bits per heavy atom. The van der Waals surface area contributed by atoms with Crippen molar-refractivity contribution >= 4 is 32.7 Å². The number of nitrogens with zero attached hydrogens (tertiary/aromatic N) is 2. The van der Waals surface area contributed by atoms with Crippen molar-refractivity contribution in [3.63, 3.8) is 0 Å². The van der Waals surface area contributed by atoms with Crippen molar-refractivity contribution in [2.24, 2.45) is 0 Å². The van der Waals surface area contributed by atoms with Gasteiger partial charge in [-0.15, -0.1) is 0 Å². The van der Waals surface area contributed by atoms with Gasteiger partial charge in [0, 0.05) is 39.1 Å². The van der Waals surface area contributed by atoms with Crippen molar-refractivity contribution in [1.29, 1.82) is 0 Å². The zero-order valence-electron chi connectivity index (χ0n) is 20.9. The van der Waals surface area contributed by atoms with E-state index < -0.39 is 0 Å². The molecule has 2 nitrogen and oxygen atoms in total. The lowest BCUT2D eigenvalue weighted by atomic mass is 9.82. The molecule has 2 heterocycles. The lowest BCUT2D eigenvalue weighted by Crippen LogP contribution is -2.15. The van der Waals surface area contributed by atoms with Crippen molar-refractivity contribution in [3.8, 4) is 22.5 Å². The molecule has 176 valence electrons. The van der Waals surface area contributed by atoms with Crippen LogP contribution in [0.1, 0.15) is 25.0 Å². The smallest absolute Gasteiger partial charge is 0.0788 e. The van der Waals surface area contributed by atoms with Gasteiger partial charge >= 0.3 is 0 Å². The Hall–Kier alpha value is -4.56. The summed E-state index contributed by atoms with van der Waals surface area (Å²) in [5.41, 5.74) is 11.6. The van der Waals surface area contributed by atoms with Crippen LogP contribution >= 0.6 is 0 Å². The van der Waals surface area contributed by atoms with Crippen LogP contribution in [0.25, 0.3) is 55.2 Å². The van der Waals surface area contributed by atoms with Crippen LogP contribution in [0.2, 0.25) is 0 Å². The fraction of sp³-hybridized carbons (Fsp3) is 0.0857. The van der Waals surface area contributed by atoms with Crippen LogP contribution < -0.4 is 0 Å². The molecule has 5 aromatic carbocycles. The number of aromatic nitrogens is 2. The topological polar surface area (TPSA) is 9.86 Å². The Morgan fingerprint density at radius 1 is 0.541 bits per heavy atom. The first-order valence-corrected chi connectivity index (χ1v) is 13.0. The number of fused-ring (bicyclic) bond motifs is 8. The zero-order valence-corrected chi connectivity index (χ0v) is 20.9. The Kier molecular flexibility index (Phi) is 4.03. The summed E-state index contributed by atoms with van der Waals surface area (Å²) in [4.78, 5) is 0. The molecule has 7 aromatic rings. The highest BCUT2D eigenvalue weighted by atomic mass is 15.0. The number of benzene rings is 5. The molecule has 0 N–H and O–H groups in total. The van der Waals surface area contributed by atoms with Crippen LogP contribution in [0.5, 0.6) is 0 Å². The van der Waals surface area contributed by atoms with Crippen LogP contribution in [0.15, 0.2) is 121 Å². The van der Waals surface area contributed by atoms with Gasteiger partial charge in [-0.25, -0.2) is 0 Å². The zero-order chi connectivity index (χ0) is 24.7. The van der Waals surface area contributed by atoms with E-state index in [1.54, 1.807) is 0 Å². The Bertz CT molecular complexity index is 2000. The highest BCUT2D eigenvalue weighted by molar-refractivity contribution is 6.18. The summed E-state index contributed by atoms with van der Waals surface area (Å²) in [7, 11) is 0. The SMILES string of the molecule is CC1(C)c2ccccc2-c2ccc(-n3c4ccccc4c4ccc5ccn(-c6ccccc6)c5c43)cc21. The van der Waals surface area contributed by atoms with Gasteiger partial charge in [-0.05, 0) is 58.7 Å². The number of hydrogen-bond donors (Lipinski definition) is 0. The molecule has 0 saturated heterocycles. The normalized spacial score (nSPS) is 13.9. The van der Waals surface area contributed by atoms with Crippen LogP contribution in [-0.4, -0.2) is 9.13 Å². The third-order valence-electron chi connectivity index (χ3n) is 8.34. The highest BCUT2D eigenvalue weighted by Gasteiger charge is 2.35. The van der Waals surface area contributed by atoms with E-state index in [1.165, 1.54) is 66.3 Å². The second kappa shape index (κ2) is 7.24. The molecule has 37 heavy (non-hydrogen) atoms. The van der Waals surface area contributed by atoms with Crippen molar-refractivity contribution in [3.05, 3.63) is 133 Å². The van der Waals surface area contributed by atoms with E-state index in [1.807, 2.05) is 0 Å². The molecule has 0 saturated carbocycles. The molecule has 0 unspecified atom stereocenters. The molecule has 0 aliphatic heterocycles. The number of hydrogen-bond acceptors (Lipinski definition) is 0. The molecule has 1 aliphatic carbocycles. The third-order valence-corrected chi connectivity index (χ3v) is 8.34. The average molecular weight is 475 g/mol. The molecule has 0 spiro atoms. The fourth-order valence-electron chi connectivity index (χ4n) is 6.58. The van der Waals surface area contributed by atoms with E-state index in [9.17, 15) is 0 Å². The molecule has 0 atom stereocenters. The molecular weight excluding hydrogens is 448 g/mol. The minimum atomic E-state index is -0.0414. The molecule has 2 heteroatoms. The Labute approximate surface area is 216 Å². The van der Waals surface area contributed by atoms with E-state index in [2.05, 4.69) is 144 Å². The van der Waals surface area contributed by atoms with Gasteiger partial charge in [-0.2, -0.15) is 0 Å². The van der Waals surface area contributed by atoms with Gasteiger partial charge < -0.3 is 9.13 Å². The van der Waals surface area contributed by atoms with Crippen LogP contribution in [0, 0.1) is 0 Å². The van der Waals surface area contributed by atoms with Gasteiger partial charge in [-0.1, -0.05) is 92.7 Å². The second-order valence-corrected chi connectivity index (χ2v) is 10.7. The maximum atomic E-state index is 2.48. The lowest BCUT2D eigenvalue weighted by Gasteiger charge is -2.22. The summed E-state index contributed by atoms with van der Waals surface area (Å²) in [6, 6.07) is 42.2. The van der Waals surface area contributed by atoms with Crippen LogP contribution in [0.4, 0.5) is 0 Å². The molecule has 1 aliphatic rings. The first-order valence-electron chi connectivity index (χ1n) is 13.0. The van der Waals surface area contributed by atoms with E-state index in [0.717, 1.165) is 0 Å². The summed E-state index contributed by atoms with van der Waals surface area (Å²) in [5.74, 6) is 0. The summed E-state index contributed by atoms with van der Waals surface area (Å²) in [6.07, 6.45) is 2.20. The highest BCUT2D eigenvalue weighted by Crippen LogP contribution is 2.49. The number of para-hydroxylation sites is 2. The molecular formula is C35H26N2. The molecule has 2 aromatic heterocycles. The lowest BCUT2D eigenvalue weighted by molar-refractivity contribution is 0.660. The summed E-state index contributed by atoms with van der Waals surface area (Å²) in [6.45, 7) is 4.71. The van der Waals surface area contributed by atoms with Crippen LogP contribution in [0.3, 0.4) is 0 Å². The minimum Gasteiger partial charge on any atom is -0.315 e. The van der Waals surface area contributed by atoms with E-state index in [4.69, 9.17) is 0 Å². The predicted octanol–water partition coefficient (Wildman–Crippen LogP) is 9.03. The standard InChI is InChI=1S/C35H26N2/c1-35(2)30-14-8-6-12-26(30)27-19-17-25(22-31(27)35)37-32-15-9-7-13-28(32)29-18-16-23-20-21-36(33(23)34(29)37)24-10-4-3-5-11-24/h3-22H,1-2H3. The van der Waals surface area contributed by atoms with Crippen molar-refractivity contribution < 1.29 is 0 Å². The largest absolute Gasteiger partial charge is 0.315 e. The summed E-state index contributed by atoms with van der Waals surface area (Å²) < 4.78 is 4.81. The van der Waals surface area contributed by atoms with Crippen molar-refractivity contribution in [2.45, 2.75) is 19.3 Å². The quantitative estimate of drug-likeness (QED) is 0.236. The van der Waals surface area contributed by atoms with Gasteiger partial charge in [0.15, 0.2) is 0 Å². The van der Waals surface area contributed by atoms with Gasteiger partial charge in [0.2, 0.25) is 0 Å². The maximum absolute atomic E-state index is 2.48. The van der Waals surface area contributed by atoms with Gasteiger partial charge in [0.05, 0.1) is 16.6 Å². The second-order valence-electron chi connectivity index (χ2n) is 10.7. The number of rotatable bonds is 2. The maximum Gasteiger partial charge on any atom is 0.0788 e. The minimum absolute atomic E-state index is 0.0414. The molecule has 0 amide bonds. The summed E-state index contributed by atoms with van der Waals surface area (Å²) >= 11 is 0. The van der Waals surface area contributed by atoms with Crippen LogP contribution in [-0.2, 0) is 5.41 Å². The molecule has 0 bridgehead atoms. The Balaban J connectivity index is 1.49. The van der Waals surface area contributed by atoms with Gasteiger partial charge in [0.25, 0.3) is 0 Å². The van der Waals surface area contributed by atoms with Gasteiger partial charge in [-0.3, -0.25) is 0 Å². The third kappa shape index (κ3) is 2.70. The molecule has 0 fully saturated rings. The van der Waals surface area contributed by atoms with E-state index >= 15 is 0 Å². The average Bonchev–Trinajstić information content (AvgIpc) is 3.58.